The van der Waals surface area contributed by atoms with Gasteiger partial charge >= 0.3 is 6.09 Å². The third kappa shape index (κ3) is 5.98. The number of nitro benzene ring substituents is 1. The van der Waals surface area contributed by atoms with E-state index < -0.39 is 16.6 Å². The van der Waals surface area contributed by atoms with Crippen molar-refractivity contribution in [2.24, 2.45) is 0 Å². The summed E-state index contributed by atoms with van der Waals surface area (Å²) in [6, 6.07) is 3.36. The van der Waals surface area contributed by atoms with E-state index >= 15 is 0 Å². The predicted molar refractivity (Wildman–Crippen MR) is 107 cm³/mol. The number of alkyl carbamates (subject to hydrolysis) is 1. The molecule has 1 aliphatic heterocycles. The van der Waals surface area contributed by atoms with E-state index in [4.69, 9.17) is 9.47 Å². The molecule has 0 saturated carbocycles. The minimum absolute atomic E-state index is 0.0164. The van der Waals surface area contributed by atoms with Crippen molar-refractivity contribution < 1.29 is 19.2 Å². The van der Waals surface area contributed by atoms with Crippen LogP contribution in [0.1, 0.15) is 39.2 Å². The first-order valence-corrected chi connectivity index (χ1v) is 9.38. The maximum Gasteiger partial charge on any atom is 0.407 e. The summed E-state index contributed by atoms with van der Waals surface area (Å²) in [6.45, 7) is 7.53. The van der Waals surface area contributed by atoms with Gasteiger partial charge in [0.05, 0.1) is 12.0 Å². The monoisotopic (exact) mass is 394 g/mol. The van der Waals surface area contributed by atoms with Crippen molar-refractivity contribution in [3.8, 4) is 5.75 Å². The second-order valence-corrected chi connectivity index (χ2v) is 7.92. The number of carbonyl (C=O) groups excluding carboxylic acids is 1. The van der Waals surface area contributed by atoms with Crippen LogP contribution < -0.4 is 15.4 Å². The first-order valence-electron chi connectivity index (χ1n) is 9.38. The highest BCUT2D eigenvalue weighted by atomic mass is 16.6. The second-order valence-electron chi connectivity index (χ2n) is 7.92. The molecule has 0 spiro atoms. The first kappa shape index (κ1) is 21.7. The van der Waals surface area contributed by atoms with E-state index in [1.54, 1.807) is 13.1 Å². The normalized spacial score (nSPS) is 17.7. The summed E-state index contributed by atoms with van der Waals surface area (Å²) >= 11 is 0. The zero-order valence-corrected chi connectivity index (χ0v) is 17.2. The lowest BCUT2D eigenvalue weighted by atomic mass is 10.0. The van der Waals surface area contributed by atoms with Crippen molar-refractivity contribution in [3.63, 3.8) is 0 Å². The molecular formula is C19H30N4O5. The molecule has 9 nitrogen and oxygen atoms in total. The maximum atomic E-state index is 12.0. The molecule has 1 aromatic rings. The maximum absolute atomic E-state index is 12.0. The number of ether oxygens (including phenoxy) is 2. The minimum Gasteiger partial charge on any atom is -0.494 e. The van der Waals surface area contributed by atoms with Gasteiger partial charge in [0.25, 0.3) is 5.69 Å². The minimum atomic E-state index is -0.539. The van der Waals surface area contributed by atoms with Crippen LogP contribution in [0, 0.1) is 10.1 Å². The summed E-state index contributed by atoms with van der Waals surface area (Å²) in [5.74, 6) is 0.437. The van der Waals surface area contributed by atoms with Crippen molar-refractivity contribution in [2.75, 3.05) is 32.6 Å². The molecule has 0 aliphatic carbocycles. The van der Waals surface area contributed by atoms with Crippen molar-refractivity contribution in [3.05, 3.63) is 27.8 Å². The summed E-state index contributed by atoms with van der Waals surface area (Å²) in [4.78, 5) is 25.2. The van der Waals surface area contributed by atoms with E-state index in [1.807, 2.05) is 26.8 Å². The quantitative estimate of drug-likeness (QED) is 0.564. The molecule has 0 unspecified atom stereocenters. The fourth-order valence-corrected chi connectivity index (χ4v) is 3.35. The Hall–Kier alpha value is -2.55. The van der Waals surface area contributed by atoms with Crippen LogP contribution in [0.5, 0.6) is 5.75 Å². The number of methoxy groups -OCH3 is 1. The number of nitrogens with one attached hydrogen (secondary N) is 2. The van der Waals surface area contributed by atoms with E-state index in [2.05, 4.69) is 15.5 Å². The van der Waals surface area contributed by atoms with Gasteiger partial charge in [0.1, 0.15) is 11.4 Å². The van der Waals surface area contributed by atoms with Crippen molar-refractivity contribution in [1.82, 2.24) is 10.2 Å². The second kappa shape index (κ2) is 9.09. The molecule has 1 aliphatic rings. The highest BCUT2D eigenvalue weighted by Crippen LogP contribution is 2.36. The predicted octanol–water partition coefficient (Wildman–Crippen LogP) is 3.13. The van der Waals surface area contributed by atoms with Gasteiger partial charge in [0.2, 0.25) is 0 Å². The Morgan fingerprint density at radius 3 is 2.68 bits per heavy atom. The summed E-state index contributed by atoms with van der Waals surface area (Å²) in [5.41, 5.74) is 0.598. The molecule has 1 atom stereocenters. The van der Waals surface area contributed by atoms with Gasteiger partial charge in [-0.15, -0.1) is 0 Å². The van der Waals surface area contributed by atoms with Gasteiger partial charge in [-0.05, 0) is 51.8 Å². The average molecular weight is 394 g/mol. The van der Waals surface area contributed by atoms with Gasteiger partial charge in [-0.3, -0.25) is 15.0 Å². The van der Waals surface area contributed by atoms with Crippen LogP contribution in [0.25, 0.3) is 0 Å². The molecule has 28 heavy (non-hydrogen) atoms. The van der Waals surface area contributed by atoms with Crippen molar-refractivity contribution in [2.45, 2.75) is 51.8 Å². The Morgan fingerprint density at radius 1 is 1.39 bits per heavy atom. The van der Waals surface area contributed by atoms with Crippen LogP contribution in [0.15, 0.2) is 12.1 Å². The molecular weight excluding hydrogens is 364 g/mol. The molecule has 1 saturated heterocycles. The number of amides is 1. The van der Waals surface area contributed by atoms with Gasteiger partial charge in [-0.2, -0.15) is 0 Å². The molecule has 1 aromatic carbocycles. The molecule has 9 heteroatoms. The largest absolute Gasteiger partial charge is 0.494 e. The first-order chi connectivity index (χ1) is 13.1. The molecule has 2 rings (SSSR count). The Morgan fingerprint density at radius 2 is 2.11 bits per heavy atom. The molecule has 156 valence electrons. The fourth-order valence-electron chi connectivity index (χ4n) is 3.35. The number of nitrogens with zero attached hydrogens (tertiary/aromatic N) is 2. The molecule has 0 radical (unpaired) electrons. The number of hydrogen-bond acceptors (Lipinski definition) is 7. The Kier molecular flexibility index (Phi) is 7.06. The van der Waals surface area contributed by atoms with Gasteiger partial charge in [0.15, 0.2) is 5.69 Å². The van der Waals surface area contributed by atoms with E-state index in [9.17, 15) is 14.9 Å². The molecule has 1 fully saturated rings. The summed E-state index contributed by atoms with van der Waals surface area (Å²) < 4.78 is 10.6. The van der Waals surface area contributed by atoms with Gasteiger partial charge < -0.3 is 20.1 Å². The molecule has 0 bridgehead atoms. The van der Waals surface area contributed by atoms with Gasteiger partial charge in [-0.25, -0.2) is 4.79 Å². The summed E-state index contributed by atoms with van der Waals surface area (Å²) in [5, 5.41) is 17.2. The van der Waals surface area contributed by atoms with Crippen LogP contribution >= 0.6 is 0 Å². The van der Waals surface area contributed by atoms with Crippen LogP contribution in [0.4, 0.5) is 16.2 Å². The standard InChI is InChI=1S/C19H30N4O5/c1-19(2,3)28-18(24)21-14-7-6-8-22(12-14)11-13-9-15(23(25)26)17(20-4)16(10-13)27-5/h9-10,14,20H,6-8,11-12H2,1-5H3,(H,21,24)/t14-/m1/s1. The van der Waals surface area contributed by atoms with Gasteiger partial charge in [-0.1, -0.05) is 0 Å². The third-order valence-electron chi connectivity index (χ3n) is 4.44. The summed E-state index contributed by atoms with van der Waals surface area (Å²) in [6.07, 6.45) is 1.38. The fraction of sp³-hybridized carbons (Fsp3) is 0.632. The van der Waals surface area contributed by atoms with E-state index in [0.717, 1.165) is 24.9 Å². The number of anilines is 1. The van der Waals surface area contributed by atoms with E-state index in [0.29, 0.717) is 24.5 Å². The van der Waals surface area contributed by atoms with Crippen molar-refractivity contribution >= 4 is 17.5 Å². The van der Waals surface area contributed by atoms with Crippen LogP contribution in [0.2, 0.25) is 0 Å². The number of likely N-dealkylation sites (tertiary alicyclic amines) is 1. The van der Waals surface area contributed by atoms with Crippen LogP contribution in [-0.2, 0) is 11.3 Å². The number of benzene rings is 1. The smallest absolute Gasteiger partial charge is 0.407 e. The number of rotatable bonds is 6. The van der Waals surface area contributed by atoms with E-state index in [-0.39, 0.29) is 11.7 Å². The lowest BCUT2D eigenvalue weighted by Crippen LogP contribution is -2.48. The number of nitro groups is 1. The number of hydrogen-bond donors (Lipinski definition) is 2. The molecule has 0 aromatic heterocycles. The Bertz CT molecular complexity index is 717. The lowest BCUT2D eigenvalue weighted by molar-refractivity contribution is -0.384. The number of piperidine rings is 1. The molecule has 1 heterocycles. The highest BCUT2D eigenvalue weighted by molar-refractivity contribution is 5.71. The van der Waals surface area contributed by atoms with Gasteiger partial charge in [0, 0.05) is 32.2 Å². The average Bonchev–Trinajstić information content (AvgIpc) is 2.59. The van der Waals surface area contributed by atoms with E-state index in [1.165, 1.54) is 7.11 Å². The zero-order valence-electron chi connectivity index (χ0n) is 17.2. The summed E-state index contributed by atoms with van der Waals surface area (Å²) in [7, 11) is 3.12. The molecule has 1 amide bonds. The topological polar surface area (TPSA) is 106 Å². The Labute approximate surface area is 165 Å². The lowest BCUT2D eigenvalue weighted by Gasteiger charge is -2.33. The van der Waals surface area contributed by atoms with Crippen molar-refractivity contribution in [1.29, 1.82) is 0 Å². The number of carbonyl (C=O) groups is 1. The Balaban J connectivity index is 2.07. The SMILES string of the molecule is CNc1c(OC)cc(CN2CCC[C@@H](NC(=O)OC(C)(C)C)C2)cc1[N+](=O)[O-]. The molecule has 2 N–H and O–H groups in total. The zero-order chi connectivity index (χ0) is 20.9. The highest BCUT2D eigenvalue weighted by Gasteiger charge is 2.26. The van der Waals surface area contributed by atoms with Crippen LogP contribution in [0.3, 0.4) is 0 Å². The third-order valence-corrected chi connectivity index (χ3v) is 4.44. The van der Waals surface area contributed by atoms with Crippen LogP contribution in [-0.4, -0.2) is 54.8 Å².